The second-order valence-electron chi connectivity index (χ2n) is 7.28. The Bertz CT molecular complexity index is 1410. The van der Waals surface area contributed by atoms with E-state index in [2.05, 4.69) is 0 Å². The summed E-state index contributed by atoms with van der Waals surface area (Å²) in [5, 5.41) is 32.5. The number of hydrogen-bond donors (Lipinski definition) is 2. The van der Waals surface area contributed by atoms with Crippen LogP contribution >= 0.6 is 23.2 Å². The van der Waals surface area contributed by atoms with E-state index < -0.39 is 51.2 Å². The van der Waals surface area contributed by atoms with E-state index in [0.29, 0.717) is 0 Å². The van der Waals surface area contributed by atoms with Crippen LogP contribution in [0, 0.1) is 15.9 Å². The number of carbonyl (C=O) groups is 2. The number of aliphatic hydroxyl groups is 1. The number of benzene rings is 3. The van der Waals surface area contributed by atoms with Crippen molar-refractivity contribution in [3.05, 3.63) is 103 Å². The Morgan fingerprint density at radius 3 is 2.41 bits per heavy atom. The molecule has 3 aromatic rings. The minimum atomic E-state index is -1.38. The SMILES string of the molecule is O=C1C(=O)N(c2cccc(F)c2)C(c2ccc(O)c([N+](=O)[O-])c2)/C1=C(/O)c1ccc(Cl)c(Cl)c1. The molecule has 1 atom stereocenters. The van der Waals surface area contributed by atoms with Gasteiger partial charge in [0.2, 0.25) is 0 Å². The summed E-state index contributed by atoms with van der Waals surface area (Å²) < 4.78 is 14.0. The number of anilines is 1. The van der Waals surface area contributed by atoms with E-state index in [-0.39, 0.29) is 26.9 Å². The van der Waals surface area contributed by atoms with Crippen molar-refractivity contribution in [2.45, 2.75) is 6.04 Å². The van der Waals surface area contributed by atoms with Gasteiger partial charge in [-0.25, -0.2) is 4.39 Å². The zero-order valence-electron chi connectivity index (χ0n) is 16.9. The number of ketones is 1. The van der Waals surface area contributed by atoms with Crippen LogP contribution in [-0.4, -0.2) is 26.8 Å². The maximum Gasteiger partial charge on any atom is 0.311 e. The number of rotatable bonds is 4. The first-order valence-electron chi connectivity index (χ1n) is 9.59. The quantitative estimate of drug-likeness (QED) is 0.162. The molecule has 0 radical (unpaired) electrons. The molecule has 34 heavy (non-hydrogen) atoms. The molecule has 0 aromatic heterocycles. The summed E-state index contributed by atoms with van der Waals surface area (Å²) in [7, 11) is 0. The second-order valence-corrected chi connectivity index (χ2v) is 8.10. The second kappa shape index (κ2) is 8.77. The van der Waals surface area contributed by atoms with Gasteiger partial charge in [-0.15, -0.1) is 0 Å². The van der Waals surface area contributed by atoms with E-state index >= 15 is 0 Å². The van der Waals surface area contributed by atoms with Crippen LogP contribution < -0.4 is 4.90 Å². The van der Waals surface area contributed by atoms with Crippen LogP contribution in [0.2, 0.25) is 10.0 Å². The van der Waals surface area contributed by atoms with Crippen molar-refractivity contribution in [2.24, 2.45) is 0 Å². The van der Waals surface area contributed by atoms with Crippen molar-refractivity contribution in [3.8, 4) is 5.75 Å². The molecule has 2 N–H and O–H groups in total. The van der Waals surface area contributed by atoms with Crippen molar-refractivity contribution >= 4 is 52.0 Å². The highest BCUT2D eigenvalue weighted by atomic mass is 35.5. The third-order valence-electron chi connectivity index (χ3n) is 5.24. The highest BCUT2D eigenvalue weighted by Gasteiger charge is 2.47. The molecule has 1 aliphatic rings. The lowest BCUT2D eigenvalue weighted by molar-refractivity contribution is -0.385. The van der Waals surface area contributed by atoms with Gasteiger partial charge in [0.25, 0.3) is 11.7 Å². The van der Waals surface area contributed by atoms with Gasteiger partial charge < -0.3 is 10.2 Å². The zero-order chi connectivity index (χ0) is 24.7. The monoisotopic (exact) mass is 502 g/mol. The third-order valence-corrected chi connectivity index (χ3v) is 5.97. The molecule has 1 unspecified atom stereocenters. The maximum absolute atomic E-state index is 14.0. The normalized spacial score (nSPS) is 17.3. The lowest BCUT2D eigenvalue weighted by Gasteiger charge is -2.25. The largest absolute Gasteiger partial charge is 0.507 e. The minimum Gasteiger partial charge on any atom is -0.507 e. The van der Waals surface area contributed by atoms with Crippen LogP contribution in [0.3, 0.4) is 0 Å². The Morgan fingerprint density at radius 2 is 1.76 bits per heavy atom. The maximum atomic E-state index is 14.0. The fourth-order valence-electron chi connectivity index (χ4n) is 3.70. The number of amides is 1. The molecular formula is C23H13Cl2FN2O6. The van der Waals surface area contributed by atoms with Crippen LogP contribution in [-0.2, 0) is 9.59 Å². The molecule has 1 saturated heterocycles. The van der Waals surface area contributed by atoms with Gasteiger partial charge in [0.05, 0.1) is 26.6 Å². The fourth-order valence-corrected chi connectivity index (χ4v) is 3.99. The van der Waals surface area contributed by atoms with Gasteiger partial charge in [-0.1, -0.05) is 35.3 Å². The lowest BCUT2D eigenvalue weighted by Crippen LogP contribution is -2.29. The first-order chi connectivity index (χ1) is 16.1. The summed E-state index contributed by atoms with van der Waals surface area (Å²) in [4.78, 5) is 37.6. The smallest absolute Gasteiger partial charge is 0.311 e. The average Bonchev–Trinajstić information content (AvgIpc) is 3.06. The molecule has 0 saturated carbocycles. The molecule has 11 heteroatoms. The molecule has 0 aliphatic carbocycles. The number of Topliss-reactive ketones (excluding diaryl/α,β-unsaturated/α-hetero) is 1. The molecule has 172 valence electrons. The van der Waals surface area contributed by atoms with Gasteiger partial charge in [-0.05, 0) is 48.0 Å². The number of nitrogens with zero attached hydrogens (tertiary/aromatic N) is 2. The number of nitro groups is 1. The van der Waals surface area contributed by atoms with E-state index in [9.17, 15) is 34.3 Å². The van der Waals surface area contributed by atoms with Crippen LogP contribution in [0.1, 0.15) is 17.2 Å². The Hall–Kier alpha value is -3.95. The molecule has 4 rings (SSSR count). The first-order valence-corrected chi connectivity index (χ1v) is 10.3. The number of hydrogen-bond acceptors (Lipinski definition) is 6. The zero-order valence-corrected chi connectivity index (χ0v) is 18.4. The van der Waals surface area contributed by atoms with Gasteiger partial charge in [-0.3, -0.25) is 24.6 Å². The first kappa shape index (κ1) is 23.2. The summed E-state index contributed by atoms with van der Waals surface area (Å²) in [5.74, 6) is -4.14. The van der Waals surface area contributed by atoms with Gasteiger partial charge in [0.15, 0.2) is 5.75 Å². The highest BCUT2D eigenvalue weighted by Crippen LogP contribution is 2.44. The number of aromatic hydroxyl groups is 1. The fraction of sp³-hybridized carbons (Fsp3) is 0.0435. The summed E-state index contributed by atoms with van der Waals surface area (Å²) in [6.07, 6.45) is 0. The molecule has 1 heterocycles. The summed E-state index contributed by atoms with van der Waals surface area (Å²) in [5.41, 5.74) is -1.03. The molecule has 0 spiro atoms. The lowest BCUT2D eigenvalue weighted by atomic mass is 9.94. The van der Waals surface area contributed by atoms with Crippen molar-refractivity contribution in [1.29, 1.82) is 0 Å². The van der Waals surface area contributed by atoms with Gasteiger partial charge in [0.1, 0.15) is 11.6 Å². The summed E-state index contributed by atoms with van der Waals surface area (Å²) >= 11 is 11.9. The van der Waals surface area contributed by atoms with Crippen molar-refractivity contribution in [3.63, 3.8) is 0 Å². The third kappa shape index (κ3) is 3.95. The highest BCUT2D eigenvalue weighted by molar-refractivity contribution is 6.51. The van der Waals surface area contributed by atoms with E-state index in [4.69, 9.17) is 23.2 Å². The molecule has 1 aliphatic heterocycles. The number of phenols is 1. The van der Waals surface area contributed by atoms with Crippen LogP contribution in [0.15, 0.2) is 66.2 Å². The Morgan fingerprint density at radius 1 is 1.03 bits per heavy atom. The van der Waals surface area contributed by atoms with Gasteiger partial charge in [0, 0.05) is 17.3 Å². The predicted octanol–water partition coefficient (Wildman–Crippen LogP) is 5.37. The summed E-state index contributed by atoms with van der Waals surface area (Å²) in [6, 6.07) is 10.7. The standard InChI is InChI=1S/C23H13Cl2FN2O6/c24-15-6-4-12(8-16(15)25)21(30)19-20(11-5-7-18(29)17(9-11)28(33)34)27(23(32)22(19)31)14-3-1-2-13(26)10-14/h1-10,20,29-30H/b21-19-. The van der Waals surface area contributed by atoms with Crippen LogP contribution in [0.25, 0.3) is 5.76 Å². The van der Waals surface area contributed by atoms with Crippen molar-refractivity contribution in [2.75, 3.05) is 4.90 Å². The summed E-state index contributed by atoms with van der Waals surface area (Å²) in [6.45, 7) is 0. The number of halogens is 3. The van der Waals surface area contributed by atoms with Crippen molar-refractivity contribution in [1.82, 2.24) is 0 Å². The Balaban J connectivity index is 2.00. The molecular weight excluding hydrogens is 490 g/mol. The Labute approximate surface area is 201 Å². The Kier molecular flexibility index (Phi) is 5.99. The number of aliphatic hydroxyl groups excluding tert-OH is 1. The van der Waals surface area contributed by atoms with E-state index in [1.54, 1.807) is 0 Å². The molecule has 8 nitrogen and oxygen atoms in total. The predicted molar refractivity (Wildman–Crippen MR) is 122 cm³/mol. The average molecular weight is 503 g/mol. The van der Waals surface area contributed by atoms with Gasteiger partial charge >= 0.3 is 5.69 Å². The van der Waals surface area contributed by atoms with Crippen LogP contribution in [0.5, 0.6) is 5.75 Å². The van der Waals surface area contributed by atoms with E-state index in [1.165, 1.54) is 36.4 Å². The van der Waals surface area contributed by atoms with Crippen molar-refractivity contribution < 1.29 is 29.1 Å². The van der Waals surface area contributed by atoms with Gasteiger partial charge in [-0.2, -0.15) is 0 Å². The minimum absolute atomic E-state index is 0.0176. The van der Waals surface area contributed by atoms with Crippen LogP contribution in [0.4, 0.5) is 15.8 Å². The molecule has 3 aromatic carbocycles. The van der Waals surface area contributed by atoms with E-state index in [1.807, 2.05) is 0 Å². The molecule has 1 fully saturated rings. The topological polar surface area (TPSA) is 121 Å². The van der Waals surface area contributed by atoms with E-state index in [0.717, 1.165) is 29.2 Å². The molecule has 0 bridgehead atoms. The number of carbonyl (C=O) groups excluding carboxylic acids is 2. The number of nitro benzene ring substituents is 1. The molecule has 1 amide bonds. The number of phenolic OH excluding ortho intramolecular Hbond substituents is 1.